The van der Waals surface area contributed by atoms with Crippen molar-refractivity contribution in [2.45, 2.75) is 55.0 Å². The molecular formula is C17H18Cl2N4OS. The summed E-state index contributed by atoms with van der Waals surface area (Å²) in [6.07, 6.45) is 4.74. The molecule has 0 bridgehead atoms. The van der Waals surface area contributed by atoms with Gasteiger partial charge in [-0.15, -0.1) is 10.2 Å². The van der Waals surface area contributed by atoms with Gasteiger partial charge in [0.15, 0.2) is 5.16 Å². The fourth-order valence-corrected chi connectivity index (χ4v) is 4.08. The van der Waals surface area contributed by atoms with Crippen molar-refractivity contribution >= 4 is 46.6 Å². The monoisotopic (exact) mass is 396 g/mol. The standard InChI is InChI=1S/C17H18Cl2N4OS/c1-9(16(24)20-14-7-4-11(18)8-13(14)19)25-17-22-21-15(10-2-3-10)23(17)12-5-6-12/h4,7-10,12H,2-3,5-6H2,1H3,(H,20,24)/t9-/m1/s1. The third-order valence-electron chi connectivity index (χ3n) is 4.39. The van der Waals surface area contributed by atoms with E-state index in [1.807, 2.05) is 6.92 Å². The van der Waals surface area contributed by atoms with Crippen LogP contribution in [0.25, 0.3) is 0 Å². The number of carbonyl (C=O) groups is 1. The minimum Gasteiger partial charge on any atom is -0.324 e. The van der Waals surface area contributed by atoms with Gasteiger partial charge in [-0.2, -0.15) is 0 Å². The molecule has 1 aromatic carbocycles. The predicted octanol–water partition coefficient (Wildman–Crippen LogP) is 4.92. The van der Waals surface area contributed by atoms with Crippen LogP contribution >= 0.6 is 35.0 Å². The van der Waals surface area contributed by atoms with Gasteiger partial charge < -0.3 is 9.88 Å². The zero-order chi connectivity index (χ0) is 17.6. The van der Waals surface area contributed by atoms with Gasteiger partial charge in [-0.05, 0) is 50.8 Å². The third-order valence-corrected chi connectivity index (χ3v) is 5.99. The Morgan fingerprint density at radius 2 is 2.04 bits per heavy atom. The Bertz CT molecular complexity index is 817. The van der Waals surface area contributed by atoms with E-state index in [0.29, 0.717) is 27.7 Å². The van der Waals surface area contributed by atoms with Crippen molar-refractivity contribution in [1.29, 1.82) is 0 Å². The Hall–Kier alpha value is -1.24. The molecule has 2 fully saturated rings. The summed E-state index contributed by atoms with van der Waals surface area (Å²) in [5.74, 6) is 1.53. The van der Waals surface area contributed by atoms with Crippen LogP contribution in [-0.4, -0.2) is 25.9 Å². The van der Waals surface area contributed by atoms with Crippen molar-refractivity contribution in [3.05, 3.63) is 34.1 Å². The molecule has 0 aliphatic heterocycles. The number of thioether (sulfide) groups is 1. The Labute approximate surface area is 160 Å². The van der Waals surface area contributed by atoms with E-state index in [2.05, 4.69) is 20.1 Å². The number of benzene rings is 1. The van der Waals surface area contributed by atoms with Crippen molar-refractivity contribution in [3.8, 4) is 0 Å². The smallest absolute Gasteiger partial charge is 0.237 e. The van der Waals surface area contributed by atoms with Gasteiger partial charge in [0, 0.05) is 17.0 Å². The first kappa shape index (κ1) is 17.2. The quantitative estimate of drug-likeness (QED) is 0.704. The lowest BCUT2D eigenvalue weighted by molar-refractivity contribution is -0.115. The topological polar surface area (TPSA) is 59.8 Å². The van der Waals surface area contributed by atoms with E-state index in [1.165, 1.54) is 37.4 Å². The number of nitrogens with one attached hydrogen (secondary N) is 1. The van der Waals surface area contributed by atoms with Crippen molar-refractivity contribution in [2.24, 2.45) is 0 Å². The maximum atomic E-state index is 12.5. The molecule has 2 aromatic rings. The second kappa shape index (κ2) is 6.82. The van der Waals surface area contributed by atoms with Crippen LogP contribution in [-0.2, 0) is 4.79 Å². The highest BCUT2D eigenvalue weighted by Gasteiger charge is 2.37. The van der Waals surface area contributed by atoms with Crippen molar-refractivity contribution in [3.63, 3.8) is 0 Å². The molecule has 8 heteroatoms. The molecule has 1 heterocycles. The van der Waals surface area contributed by atoms with E-state index in [1.54, 1.807) is 18.2 Å². The fraction of sp³-hybridized carbons (Fsp3) is 0.471. The Morgan fingerprint density at radius 1 is 1.28 bits per heavy atom. The summed E-state index contributed by atoms with van der Waals surface area (Å²) >= 11 is 13.5. The highest BCUT2D eigenvalue weighted by molar-refractivity contribution is 8.00. The Kier molecular flexibility index (Phi) is 4.69. The van der Waals surface area contributed by atoms with E-state index >= 15 is 0 Å². The number of anilines is 1. The molecule has 1 atom stereocenters. The van der Waals surface area contributed by atoms with Crippen LogP contribution in [0.4, 0.5) is 5.69 Å². The van der Waals surface area contributed by atoms with Crippen molar-refractivity contribution in [1.82, 2.24) is 14.8 Å². The normalized spacial score (nSPS) is 18.2. The zero-order valence-electron chi connectivity index (χ0n) is 13.7. The number of amides is 1. The molecule has 0 radical (unpaired) electrons. The van der Waals surface area contributed by atoms with Gasteiger partial charge >= 0.3 is 0 Å². The second-order valence-electron chi connectivity index (χ2n) is 6.59. The molecule has 2 saturated carbocycles. The predicted molar refractivity (Wildman–Crippen MR) is 101 cm³/mol. The molecule has 0 saturated heterocycles. The van der Waals surface area contributed by atoms with Gasteiger partial charge in [-0.25, -0.2) is 0 Å². The SMILES string of the molecule is C[C@@H](Sc1nnc(C2CC2)n1C1CC1)C(=O)Nc1ccc(Cl)cc1Cl. The van der Waals surface area contributed by atoms with Crippen LogP contribution in [0.1, 0.15) is 50.4 Å². The van der Waals surface area contributed by atoms with Crippen LogP contribution in [0.15, 0.2) is 23.4 Å². The molecule has 0 unspecified atom stereocenters. The summed E-state index contributed by atoms with van der Waals surface area (Å²) in [6, 6.07) is 5.53. The Morgan fingerprint density at radius 3 is 2.68 bits per heavy atom. The summed E-state index contributed by atoms with van der Waals surface area (Å²) in [7, 11) is 0. The molecule has 1 N–H and O–H groups in total. The highest BCUT2D eigenvalue weighted by atomic mass is 35.5. The van der Waals surface area contributed by atoms with E-state index in [0.717, 1.165) is 11.0 Å². The van der Waals surface area contributed by atoms with Gasteiger partial charge in [-0.3, -0.25) is 4.79 Å². The molecule has 4 rings (SSSR count). The minimum absolute atomic E-state index is 0.118. The number of carbonyl (C=O) groups excluding carboxylic acids is 1. The molecule has 1 aromatic heterocycles. The lowest BCUT2D eigenvalue weighted by Gasteiger charge is -2.14. The first-order valence-corrected chi connectivity index (χ1v) is 10.0. The molecule has 25 heavy (non-hydrogen) atoms. The molecule has 132 valence electrons. The first-order valence-electron chi connectivity index (χ1n) is 8.40. The van der Waals surface area contributed by atoms with Crippen LogP contribution in [0.5, 0.6) is 0 Å². The number of halogens is 2. The summed E-state index contributed by atoms with van der Waals surface area (Å²) in [5, 5.41) is 13.1. The van der Waals surface area contributed by atoms with Crippen LogP contribution < -0.4 is 5.32 Å². The van der Waals surface area contributed by atoms with Gasteiger partial charge in [0.2, 0.25) is 5.91 Å². The second-order valence-corrected chi connectivity index (χ2v) is 8.74. The average molecular weight is 397 g/mol. The Balaban J connectivity index is 1.46. The zero-order valence-corrected chi connectivity index (χ0v) is 16.0. The maximum absolute atomic E-state index is 12.5. The van der Waals surface area contributed by atoms with Gasteiger partial charge in [0.25, 0.3) is 0 Å². The van der Waals surface area contributed by atoms with Crippen molar-refractivity contribution < 1.29 is 4.79 Å². The van der Waals surface area contributed by atoms with Crippen LogP contribution in [0.2, 0.25) is 10.0 Å². The fourth-order valence-electron chi connectivity index (χ4n) is 2.70. The lowest BCUT2D eigenvalue weighted by Crippen LogP contribution is -2.23. The maximum Gasteiger partial charge on any atom is 0.237 e. The van der Waals surface area contributed by atoms with E-state index in [-0.39, 0.29) is 11.2 Å². The summed E-state index contributed by atoms with van der Waals surface area (Å²) in [6.45, 7) is 1.87. The van der Waals surface area contributed by atoms with Gasteiger partial charge in [0.05, 0.1) is 16.0 Å². The molecule has 1 amide bonds. The van der Waals surface area contributed by atoms with Gasteiger partial charge in [0.1, 0.15) is 5.82 Å². The molecule has 0 spiro atoms. The minimum atomic E-state index is -0.305. The van der Waals surface area contributed by atoms with E-state index < -0.39 is 0 Å². The van der Waals surface area contributed by atoms with Gasteiger partial charge in [-0.1, -0.05) is 35.0 Å². The third kappa shape index (κ3) is 3.81. The summed E-state index contributed by atoms with van der Waals surface area (Å²) in [5.41, 5.74) is 0.561. The molecular weight excluding hydrogens is 379 g/mol. The van der Waals surface area contributed by atoms with E-state index in [4.69, 9.17) is 23.2 Å². The number of rotatable bonds is 6. The molecule has 5 nitrogen and oxygen atoms in total. The number of nitrogens with zero attached hydrogens (tertiary/aromatic N) is 3. The van der Waals surface area contributed by atoms with Crippen molar-refractivity contribution in [2.75, 3.05) is 5.32 Å². The van der Waals surface area contributed by atoms with Crippen LogP contribution in [0.3, 0.4) is 0 Å². The van der Waals surface area contributed by atoms with E-state index in [9.17, 15) is 4.79 Å². The van der Waals surface area contributed by atoms with Crippen LogP contribution in [0, 0.1) is 0 Å². The molecule has 2 aliphatic rings. The molecule has 2 aliphatic carbocycles. The number of hydrogen-bond acceptors (Lipinski definition) is 4. The largest absolute Gasteiger partial charge is 0.324 e. The summed E-state index contributed by atoms with van der Waals surface area (Å²) in [4.78, 5) is 12.5. The number of aromatic nitrogens is 3. The first-order chi connectivity index (χ1) is 12.0. The summed E-state index contributed by atoms with van der Waals surface area (Å²) < 4.78 is 2.25. The highest BCUT2D eigenvalue weighted by Crippen LogP contribution is 2.46. The lowest BCUT2D eigenvalue weighted by atomic mass is 10.3. The average Bonchev–Trinajstić information content (AvgIpc) is 3.49. The number of hydrogen-bond donors (Lipinski definition) is 1.